The average Bonchev–Trinajstić information content (AvgIpc) is 2.56. The molecule has 0 aliphatic carbocycles. The second kappa shape index (κ2) is 7.47. The van der Waals surface area contributed by atoms with Crippen molar-refractivity contribution < 1.29 is 22.7 Å². The number of anilines is 1. The van der Waals surface area contributed by atoms with Crippen LogP contribution in [0.1, 0.15) is 19.4 Å². The standard InChI is InChI=1S/C16H19N3O5S/c1-4-12-7-5-6-8-14(12)17-15(20)10-19-9-13(16(21)24-3)11(2)18-25(19,22)23/h5-9H,4,10H2,1-3H3,(H,17,20). The minimum absolute atomic E-state index is 0.0137. The van der Waals surface area contributed by atoms with Gasteiger partial charge in [0.15, 0.2) is 0 Å². The van der Waals surface area contributed by atoms with E-state index in [2.05, 4.69) is 14.5 Å². The van der Waals surface area contributed by atoms with Gasteiger partial charge in [-0.15, -0.1) is 4.40 Å². The molecule has 1 N–H and O–H groups in total. The number of rotatable bonds is 5. The predicted octanol–water partition coefficient (Wildman–Crippen LogP) is 1.27. The minimum atomic E-state index is -4.07. The van der Waals surface area contributed by atoms with E-state index in [-0.39, 0.29) is 11.3 Å². The van der Waals surface area contributed by atoms with E-state index in [1.54, 1.807) is 12.1 Å². The lowest BCUT2D eigenvalue weighted by atomic mass is 10.1. The zero-order valence-corrected chi connectivity index (χ0v) is 15.0. The molecule has 0 saturated carbocycles. The van der Waals surface area contributed by atoms with Crippen molar-refractivity contribution in [2.45, 2.75) is 20.3 Å². The van der Waals surface area contributed by atoms with E-state index in [4.69, 9.17) is 0 Å². The summed E-state index contributed by atoms with van der Waals surface area (Å²) in [5, 5.41) is 2.68. The van der Waals surface area contributed by atoms with E-state index < -0.39 is 28.6 Å². The first-order chi connectivity index (χ1) is 11.8. The van der Waals surface area contributed by atoms with E-state index >= 15 is 0 Å². The summed E-state index contributed by atoms with van der Waals surface area (Å²) in [6.07, 6.45) is 1.78. The van der Waals surface area contributed by atoms with Crippen LogP contribution in [0, 0.1) is 0 Å². The summed E-state index contributed by atoms with van der Waals surface area (Å²) in [5.74, 6) is -1.27. The fourth-order valence-electron chi connectivity index (χ4n) is 2.30. The molecule has 0 aromatic heterocycles. The van der Waals surface area contributed by atoms with Crippen LogP contribution in [0.3, 0.4) is 0 Å². The van der Waals surface area contributed by atoms with Crippen LogP contribution in [-0.4, -0.2) is 44.0 Å². The number of methoxy groups -OCH3 is 1. The Morgan fingerprint density at radius 1 is 1.28 bits per heavy atom. The molecule has 1 aromatic rings. The molecule has 134 valence electrons. The molecule has 1 aliphatic heterocycles. The molecule has 0 radical (unpaired) electrons. The molecule has 2 rings (SSSR count). The molecule has 25 heavy (non-hydrogen) atoms. The van der Waals surface area contributed by atoms with Crippen LogP contribution in [0.15, 0.2) is 40.4 Å². The first kappa shape index (κ1) is 18.7. The monoisotopic (exact) mass is 365 g/mol. The van der Waals surface area contributed by atoms with Crippen molar-refractivity contribution in [3.05, 3.63) is 41.6 Å². The summed E-state index contributed by atoms with van der Waals surface area (Å²) < 4.78 is 33.1. The second-order valence-electron chi connectivity index (χ2n) is 5.29. The average molecular weight is 365 g/mol. The Morgan fingerprint density at radius 2 is 1.96 bits per heavy atom. The number of hydrogen-bond acceptors (Lipinski definition) is 5. The molecule has 0 fully saturated rings. The lowest BCUT2D eigenvalue weighted by Gasteiger charge is -2.22. The summed E-state index contributed by atoms with van der Waals surface area (Å²) in [7, 11) is -2.90. The van der Waals surface area contributed by atoms with Crippen molar-refractivity contribution in [2.24, 2.45) is 4.40 Å². The summed E-state index contributed by atoms with van der Waals surface area (Å²) in [6.45, 7) is 2.83. The summed E-state index contributed by atoms with van der Waals surface area (Å²) in [6, 6.07) is 7.23. The maximum Gasteiger partial charge on any atom is 0.344 e. The van der Waals surface area contributed by atoms with Gasteiger partial charge in [-0.25, -0.2) is 9.10 Å². The Bertz CT molecular complexity index is 858. The number of ether oxygens (including phenoxy) is 1. The van der Waals surface area contributed by atoms with E-state index in [9.17, 15) is 18.0 Å². The molecule has 1 heterocycles. The minimum Gasteiger partial charge on any atom is -0.465 e. The summed E-state index contributed by atoms with van der Waals surface area (Å²) in [5.41, 5.74) is 1.54. The van der Waals surface area contributed by atoms with E-state index in [0.717, 1.165) is 16.1 Å². The smallest absolute Gasteiger partial charge is 0.344 e. The molecular formula is C16H19N3O5S. The van der Waals surface area contributed by atoms with E-state index in [0.29, 0.717) is 12.1 Å². The second-order valence-corrected chi connectivity index (χ2v) is 6.84. The van der Waals surface area contributed by atoms with Gasteiger partial charge in [-0.05, 0) is 25.0 Å². The van der Waals surface area contributed by atoms with Crippen LogP contribution in [0.25, 0.3) is 0 Å². The maximum absolute atomic E-state index is 12.3. The quantitative estimate of drug-likeness (QED) is 0.791. The number of hydrogen-bond donors (Lipinski definition) is 1. The Morgan fingerprint density at radius 3 is 2.60 bits per heavy atom. The topological polar surface area (TPSA) is 105 Å². The zero-order valence-electron chi connectivity index (χ0n) is 14.1. The van der Waals surface area contributed by atoms with Crippen LogP contribution in [0.4, 0.5) is 5.69 Å². The molecule has 8 nitrogen and oxygen atoms in total. The molecule has 0 atom stereocenters. The molecule has 1 aromatic carbocycles. The van der Waals surface area contributed by atoms with Gasteiger partial charge < -0.3 is 10.1 Å². The fourth-order valence-corrected chi connectivity index (χ4v) is 3.37. The molecule has 0 spiro atoms. The SMILES string of the molecule is CCc1ccccc1NC(=O)CN1C=C(C(=O)OC)C(C)=NS1(=O)=O. The lowest BCUT2D eigenvalue weighted by molar-refractivity contribution is -0.135. The van der Waals surface area contributed by atoms with Gasteiger partial charge in [-0.1, -0.05) is 25.1 Å². The van der Waals surface area contributed by atoms with Crippen LogP contribution in [0.5, 0.6) is 0 Å². The Kier molecular flexibility index (Phi) is 5.58. The highest BCUT2D eigenvalue weighted by atomic mass is 32.2. The third-order valence-corrected chi connectivity index (χ3v) is 4.92. The van der Waals surface area contributed by atoms with Crippen molar-refractivity contribution in [1.82, 2.24) is 4.31 Å². The van der Waals surface area contributed by atoms with Crippen molar-refractivity contribution in [2.75, 3.05) is 19.0 Å². The highest BCUT2D eigenvalue weighted by Gasteiger charge is 2.30. The van der Waals surface area contributed by atoms with Crippen molar-refractivity contribution >= 4 is 33.5 Å². The first-order valence-corrected chi connectivity index (χ1v) is 8.94. The van der Waals surface area contributed by atoms with E-state index in [1.165, 1.54) is 14.0 Å². The van der Waals surface area contributed by atoms with Gasteiger partial charge in [-0.2, -0.15) is 8.42 Å². The van der Waals surface area contributed by atoms with Crippen LogP contribution in [-0.2, 0) is 31.0 Å². The summed E-state index contributed by atoms with van der Waals surface area (Å²) >= 11 is 0. The number of carbonyl (C=O) groups is 2. The highest BCUT2D eigenvalue weighted by Crippen LogP contribution is 2.19. The van der Waals surface area contributed by atoms with Crippen molar-refractivity contribution in [3.8, 4) is 0 Å². The number of esters is 1. The van der Waals surface area contributed by atoms with Gasteiger partial charge >= 0.3 is 16.2 Å². The van der Waals surface area contributed by atoms with Crippen LogP contribution in [0.2, 0.25) is 0 Å². The van der Waals surface area contributed by atoms with Crippen molar-refractivity contribution in [1.29, 1.82) is 0 Å². The Balaban J connectivity index is 2.21. The molecule has 0 bridgehead atoms. The molecule has 1 amide bonds. The Hall–Kier alpha value is -2.68. The summed E-state index contributed by atoms with van der Waals surface area (Å²) in [4.78, 5) is 24.0. The zero-order chi connectivity index (χ0) is 18.6. The molecule has 1 aliphatic rings. The number of benzene rings is 1. The first-order valence-electron chi connectivity index (χ1n) is 7.55. The third kappa shape index (κ3) is 4.24. The third-order valence-electron chi connectivity index (χ3n) is 3.59. The maximum atomic E-state index is 12.3. The number of nitrogens with zero attached hydrogens (tertiary/aromatic N) is 2. The number of carbonyl (C=O) groups excluding carboxylic acids is 2. The number of nitrogens with one attached hydrogen (secondary N) is 1. The van der Waals surface area contributed by atoms with Gasteiger partial charge in [0, 0.05) is 11.9 Å². The van der Waals surface area contributed by atoms with Gasteiger partial charge in [0.05, 0.1) is 18.4 Å². The fraction of sp³-hybridized carbons (Fsp3) is 0.312. The van der Waals surface area contributed by atoms with Crippen LogP contribution >= 0.6 is 0 Å². The normalized spacial score (nSPS) is 15.9. The molecule has 0 unspecified atom stereocenters. The number of amides is 1. The molecule has 9 heteroatoms. The van der Waals surface area contributed by atoms with Gasteiger partial charge in [0.2, 0.25) is 5.91 Å². The van der Waals surface area contributed by atoms with Gasteiger partial charge in [0.25, 0.3) is 0 Å². The lowest BCUT2D eigenvalue weighted by Crippen LogP contribution is -2.37. The Labute approximate surface area is 146 Å². The molecule has 0 saturated heterocycles. The molecular weight excluding hydrogens is 346 g/mol. The van der Waals surface area contributed by atoms with Gasteiger partial charge in [0.1, 0.15) is 6.54 Å². The van der Waals surface area contributed by atoms with Crippen molar-refractivity contribution in [3.63, 3.8) is 0 Å². The largest absolute Gasteiger partial charge is 0.465 e. The highest BCUT2D eigenvalue weighted by molar-refractivity contribution is 7.88. The predicted molar refractivity (Wildman–Crippen MR) is 93.3 cm³/mol. The number of para-hydroxylation sites is 1. The number of aryl methyl sites for hydroxylation is 1. The van der Waals surface area contributed by atoms with Crippen LogP contribution < -0.4 is 5.32 Å². The van der Waals surface area contributed by atoms with E-state index in [1.807, 2.05) is 19.1 Å². The van der Waals surface area contributed by atoms with Gasteiger partial charge in [-0.3, -0.25) is 4.79 Å².